The van der Waals surface area contributed by atoms with Crippen LogP contribution in [0.1, 0.15) is 31.4 Å². The normalized spacial score (nSPS) is 12.5. The van der Waals surface area contributed by atoms with Crippen molar-refractivity contribution in [1.82, 2.24) is 10.0 Å². The Labute approximate surface area is 142 Å². The Morgan fingerprint density at radius 2 is 1.92 bits per heavy atom. The summed E-state index contributed by atoms with van der Waals surface area (Å²) in [7, 11) is -3.70. The highest BCUT2D eigenvalue weighted by Crippen LogP contribution is 2.16. The lowest BCUT2D eigenvalue weighted by Gasteiger charge is -2.13. The molecule has 0 aliphatic carbocycles. The molecular weight excluding hydrogens is 332 g/mol. The van der Waals surface area contributed by atoms with Gasteiger partial charge < -0.3 is 10.1 Å². The van der Waals surface area contributed by atoms with Crippen molar-refractivity contribution in [3.05, 3.63) is 29.3 Å². The number of hydrogen-bond donors (Lipinski definition) is 2. The first kappa shape index (κ1) is 20.1. The third kappa shape index (κ3) is 5.93. The van der Waals surface area contributed by atoms with E-state index in [4.69, 9.17) is 4.74 Å². The third-order valence-corrected chi connectivity index (χ3v) is 4.89. The fourth-order valence-electron chi connectivity index (χ4n) is 1.99. The van der Waals surface area contributed by atoms with E-state index in [9.17, 15) is 18.0 Å². The van der Waals surface area contributed by atoms with E-state index in [-0.39, 0.29) is 23.8 Å². The Morgan fingerprint density at radius 3 is 2.54 bits per heavy atom. The number of nitrogens with one attached hydrogen (secondary N) is 2. The molecule has 1 aromatic carbocycles. The van der Waals surface area contributed by atoms with Crippen LogP contribution in [0.2, 0.25) is 0 Å². The largest absolute Gasteiger partial charge is 0.453 e. The van der Waals surface area contributed by atoms with Crippen LogP contribution in [0.5, 0.6) is 0 Å². The standard InChI is InChI=1S/C16H24N2O5S/c1-5-17-16(20)13(4)23-15(19)8-9-18-24(21,22)14-10-11(2)6-7-12(14)3/h6-7,10,13,18H,5,8-9H2,1-4H3,(H,17,20)/t13-/m1/s1. The average Bonchev–Trinajstić information content (AvgIpc) is 2.49. The number of amides is 1. The number of benzene rings is 1. The highest BCUT2D eigenvalue weighted by Gasteiger charge is 2.19. The van der Waals surface area contributed by atoms with Gasteiger partial charge >= 0.3 is 5.97 Å². The molecule has 0 aliphatic heterocycles. The minimum Gasteiger partial charge on any atom is -0.453 e. The molecule has 1 aromatic rings. The van der Waals surface area contributed by atoms with E-state index in [1.165, 1.54) is 6.92 Å². The molecule has 0 radical (unpaired) electrons. The summed E-state index contributed by atoms with van der Waals surface area (Å²) >= 11 is 0. The SMILES string of the molecule is CCNC(=O)[C@@H](C)OC(=O)CCNS(=O)(=O)c1cc(C)ccc1C. The van der Waals surface area contributed by atoms with E-state index in [1.54, 1.807) is 32.9 Å². The molecule has 24 heavy (non-hydrogen) atoms. The summed E-state index contributed by atoms with van der Waals surface area (Å²) in [5.74, 6) is -1.03. The number of likely N-dealkylation sites (N-methyl/N-ethyl adjacent to an activating group) is 1. The van der Waals surface area contributed by atoms with Crippen molar-refractivity contribution in [2.45, 2.75) is 45.1 Å². The van der Waals surface area contributed by atoms with Crippen LogP contribution in [0.25, 0.3) is 0 Å². The fourth-order valence-corrected chi connectivity index (χ4v) is 3.35. The molecule has 1 rings (SSSR count). The summed E-state index contributed by atoms with van der Waals surface area (Å²) in [6.07, 6.45) is -1.07. The van der Waals surface area contributed by atoms with Crippen molar-refractivity contribution < 1.29 is 22.7 Å². The van der Waals surface area contributed by atoms with Crippen molar-refractivity contribution in [2.24, 2.45) is 0 Å². The molecule has 0 spiro atoms. The van der Waals surface area contributed by atoms with Gasteiger partial charge in [0.05, 0.1) is 11.3 Å². The predicted molar refractivity (Wildman–Crippen MR) is 90.0 cm³/mol. The van der Waals surface area contributed by atoms with Gasteiger partial charge in [0.2, 0.25) is 10.0 Å². The van der Waals surface area contributed by atoms with Crippen LogP contribution in [-0.2, 0) is 24.3 Å². The van der Waals surface area contributed by atoms with Gasteiger partial charge in [-0.3, -0.25) is 9.59 Å². The van der Waals surface area contributed by atoms with E-state index in [2.05, 4.69) is 10.0 Å². The molecule has 134 valence electrons. The number of rotatable bonds is 8. The first-order chi connectivity index (χ1) is 11.2. The van der Waals surface area contributed by atoms with Gasteiger partial charge in [-0.15, -0.1) is 0 Å². The summed E-state index contributed by atoms with van der Waals surface area (Å²) in [4.78, 5) is 23.3. The molecule has 2 N–H and O–H groups in total. The molecule has 0 aromatic heterocycles. The summed E-state index contributed by atoms with van der Waals surface area (Å²) in [5, 5.41) is 2.54. The number of hydrogen-bond acceptors (Lipinski definition) is 5. The summed E-state index contributed by atoms with van der Waals surface area (Å²) in [6.45, 7) is 7.07. The van der Waals surface area contributed by atoms with E-state index >= 15 is 0 Å². The maximum Gasteiger partial charge on any atom is 0.307 e. The van der Waals surface area contributed by atoms with Crippen molar-refractivity contribution in [2.75, 3.05) is 13.1 Å². The number of carbonyl (C=O) groups is 2. The highest BCUT2D eigenvalue weighted by molar-refractivity contribution is 7.89. The van der Waals surface area contributed by atoms with Crippen molar-refractivity contribution in [3.63, 3.8) is 0 Å². The maximum atomic E-state index is 12.3. The second-order valence-corrected chi connectivity index (χ2v) is 7.18. The van der Waals surface area contributed by atoms with Crippen LogP contribution in [0.3, 0.4) is 0 Å². The van der Waals surface area contributed by atoms with Gasteiger partial charge in [-0.1, -0.05) is 12.1 Å². The quantitative estimate of drug-likeness (QED) is 0.678. The molecule has 0 heterocycles. The van der Waals surface area contributed by atoms with Crippen LogP contribution in [0.15, 0.2) is 23.1 Å². The van der Waals surface area contributed by atoms with E-state index in [0.717, 1.165) is 5.56 Å². The molecule has 0 bridgehead atoms. The zero-order valence-corrected chi connectivity index (χ0v) is 15.2. The second-order valence-electron chi connectivity index (χ2n) is 5.44. The smallest absolute Gasteiger partial charge is 0.307 e. The molecule has 0 saturated carbocycles. The van der Waals surface area contributed by atoms with Crippen LogP contribution < -0.4 is 10.0 Å². The number of sulfonamides is 1. The van der Waals surface area contributed by atoms with E-state index < -0.39 is 22.1 Å². The van der Waals surface area contributed by atoms with Crippen LogP contribution in [-0.4, -0.2) is 39.5 Å². The van der Waals surface area contributed by atoms with Gasteiger partial charge in [-0.2, -0.15) is 0 Å². The topological polar surface area (TPSA) is 102 Å². The van der Waals surface area contributed by atoms with Crippen molar-refractivity contribution in [1.29, 1.82) is 0 Å². The molecule has 0 unspecified atom stereocenters. The molecule has 0 saturated heterocycles. The Kier molecular flexibility index (Phi) is 7.37. The van der Waals surface area contributed by atoms with E-state index in [1.807, 2.05) is 6.07 Å². The zero-order chi connectivity index (χ0) is 18.3. The number of ether oxygens (including phenoxy) is 1. The third-order valence-electron chi connectivity index (χ3n) is 3.28. The number of aryl methyl sites for hydroxylation is 2. The van der Waals surface area contributed by atoms with Gasteiger partial charge in [-0.25, -0.2) is 13.1 Å². The van der Waals surface area contributed by atoms with Crippen molar-refractivity contribution >= 4 is 21.9 Å². The Balaban J connectivity index is 2.56. The first-order valence-electron chi connectivity index (χ1n) is 7.71. The molecular formula is C16H24N2O5S. The maximum absolute atomic E-state index is 12.3. The van der Waals surface area contributed by atoms with Gasteiger partial charge in [0.25, 0.3) is 5.91 Å². The number of carbonyl (C=O) groups excluding carboxylic acids is 2. The summed E-state index contributed by atoms with van der Waals surface area (Å²) in [6, 6.07) is 5.13. The molecule has 1 atom stereocenters. The molecule has 0 aliphatic rings. The van der Waals surface area contributed by atoms with Gasteiger partial charge in [0, 0.05) is 13.1 Å². The Morgan fingerprint density at radius 1 is 1.25 bits per heavy atom. The van der Waals surface area contributed by atoms with Gasteiger partial charge in [0.15, 0.2) is 6.10 Å². The minimum absolute atomic E-state index is 0.101. The average molecular weight is 356 g/mol. The first-order valence-corrected chi connectivity index (χ1v) is 9.19. The minimum atomic E-state index is -3.70. The predicted octanol–water partition coefficient (Wildman–Crippen LogP) is 1.04. The molecule has 8 heteroatoms. The lowest BCUT2D eigenvalue weighted by molar-refractivity contribution is -0.154. The van der Waals surface area contributed by atoms with Crippen LogP contribution in [0.4, 0.5) is 0 Å². The lowest BCUT2D eigenvalue weighted by atomic mass is 10.2. The number of esters is 1. The Bertz CT molecular complexity index is 700. The lowest BCUT2D eigenvalue weighted by Crippen LogP contribution is -2.36. The Hall–Kier alpha value is -1.93. The second kappa shape index (κ2) is 8.79. The van der Waals surface area contributed by atoms with Crippen LogP contribution in [0, 0.1) is 13.8 Å². The van der Waals surface area contributed by atoms with E-state index in [0.29, 0.717) is 12.1 Å². The van der Waals surface area contributed by atoms with Crippen molar-refractivity contribution in [3.8, 4) is 0 Å². The van der Waals surface area contributed by atoms with Gasteiger partial charge in [-0.05, 0) is 44.9 Å². The molecule has 7 nitrogen and oxygen atoms in total. The summed E-state index contributed by atoms with van der Waals surface area (Å²) < 4.78 is 31.9. The molecule has 1 amide bonds. The monoisotopic (exact) mass is 356 g/mol. The molecule has 0 fully saturated rings. The van der Waals surface area contributed by atoms with Gasteiger partial charge in [0.1, 0.15) is 0 Å². The fraction of sp³-hybridized carbons (Fsp3) is 0.500. The zero-order valence-electron chi connectivity index (χ0n) is 14.4. The van der Waals surface area contributed by atoms with Crippen LogP contribution >= 0.6 is 0 Å². The highest BCUT2D eigenvalue weighted by atomic mass is 32.2. The summed E-state index contributed by atoms with van der Waals surface area (Å²) in [5.41, 5.74) is 1.46.